The molecule has 1 heterocycles. The molecule has 4 rings (SSSR count). The lowest BCUT2D eigenvalue weighted by molar-refractivity contribution is -0.141. The molecule has 0 aliphatic heterocycles. The largest absolute Gasteiger partial charge is 0.435 e. The van der Waals surface area contributed by atoms with E-state index in [1.165, 1.54) is 23.0 Å². The van der Waals surface area contributed by atoms with E-state index in [-0.39, 0.29) is 42.4 Å². The van der Waals surface area contributed by atoms with E-state index in [0.717, 1.165) is 11.1 Å². The van der Waals surface area contributed by atoms with Crippen LogP contribution in [-0.2, 0) is 12.7 Å². The van der Waals surface area contributed by atoms with Crippen molar-refractivity contribution < 1.29 is 22.4 Å². The molecule has 1 aromatic heterocycles. The van der Waals surface area contributed by atoms with Crippen LogP contribution in [0.15, 0.2) is 61.3 Å². The first-order chi connectivity index (χ1) is 18.9. The SMILES string of the molecule is C=CCn1cc(-c2ccc3cc2C=CC=C3CC(=N)c2cc(C)c(C(=O)N[C@H](C)CN)c(F)c2)c(C(F)(F)F)n1. The first-order valence-corrected chi connectivity index (χ1v) is 12.6. The van der Waals surface area contributed by atoms with Crippen molar-refractivity contribution >= 4 is 23.3 Å². The van der Waals surface area contributed by atoms with E-state index in [2.05, 4.69) is 17.0 Å². The quantitative estimate of drug-likeness (QED) is 0.169. The smallest absolute Gasteiger partial charge is 0.348 e. The van der Waals surface area contributed by atoms with Crippen LogP contribution >= 0.6 is 0 Å². The molecule has 10 heteroatoms. The molecular formula is C30H29F4N5O. The van der Waals surface area contributed by atoms with Gasteiger partial charge >= 0.3 is 6.18 Å². The van der Waals surface area contributed by atoms with Crippen LogP contribution in [0.25, 0.3) is 22.8 Å². The molecule has 1 amide bonds. The van der Waals surface area contributed by atoms with Crippen molar-refractivity contribution in [1.82, 2.24) is 15.1 Å². The molecule has 3 aromatic rings. The monoisotopic (exact) mass is 551 g/mol. The zero-order chi connectivity index (χ0) is 29.2. The minimum Gasteiger partial charge on any atom is -0.348 e. The Bertz CT molecular complexity index is 1520. The summed E-state index contributed by atoms with van der Waals surface area (Å²) in [6.45, 7) is 7.23. The van der Waals surface area contributed by atoms with Crippen LogP contribution in [-0.4, -0.2) is 34.0 Å². The van der Waals surface area contributed by atoms with Crippen molar-refractivity contribution in [3.63, 3.8) is 0 Å². The van der Waals surface area contributed by atoms with Gasteiger partial charge in [0.25, 0.3) is 5.91 Å². The zero-order valence-corrected chi connectivity index (χ0v) is 22.1. The summed E-state index contributed by atoms with van der Waals surface area (Å²) in [5.41, 5.74) is 7.69. The lowest BCUT2D eigenvalue weighted by Gasteiger charge is -2.15. The summed E-state index contributed by atoms with van der Waals surface area (Å²) in [6, 6.07) is 7.52. The van der Waals surface area contributed by atoms with Crippen molar-refractivity contribution in [3.05, 3.63) is 101 Å². The number of halogens is 4. The number of aryl methyl sites for hydroxylation is 1. The maximum absolute atomic E-state index is 15.0. The van der Waals surface area contributed by atoms with Gasteiger partial charge in [0, 0.05) is 36.5 Å². The van der Waals surface area contributed by atoms with Crippen molar-refractivity contribution in [3.8, 4) is 11.1 Å². The highest BCUT2D eigenvalue weighted by molar-refractivity contribution is 6.06. The van der Waals surface area contributed by atoms with Gasteiger partial charge in [-0.05, 0) is 65.4 Å². The van der Waals surface area contributed by atoms with Crippen LogP contribution in [0.2, 0.25) is 0 Å². The predicted octanol–water partition coefficient (Wildman–Crippen LogP) is 6.15. The number of alkyl halides is 3. The number of benzene rings is 2. The van der Waals surface area contributed by atoms with Gasteiger partial charge in [0.2, 0.25) is 0 Å². The zero-order valence-electron chi connectivity index (χ0n) is 22.1. The molecular weight excluding hydrogens is 522 g/mol. The van der Waals surface area contributed by atoms with Gasteiger partial charge in [0.1, 0.15) is 5.82 Å². The molecule has 1 aliphatic rings. The van der Waals surface area contributed by atoms with Crippen LogP contribution in [0.4, 0.5) is 17.6 Å². The average molecular weight is 552 g/mol. The third-order valence-corrected chi connectivity index (χ3v) is 6.59. The highest BCUT2D eigenvalue weighted by atomic mass is 19.4. The molecule has 0 radical (unpaired) electrons. The van der Waals surface area contributed by atoms with Crippen LogP contribution in [0, 0.1) is 18.2 Å². The van der Waals surface area contributed by atoms with Gasteiger partial charge < -0.3 is 16.5 Å². The lowest BCUT2D eigenvalue weighted by atomic mass is 9.92. The fraction of sp³-hybridized carbons (Fsp3) is 0.233. The third kappa shape index (κ3) is 5.96. The van der Waals surface area contributed by atoms with E-state index >= 15 is 0 Å². The number of carbonyl (C=O) groups excluding carboxylic acids is 1. The van der Waals surface area contributed by atoms with Gasteiger partial charge in [0.05, 0.1) is 12.1 Å². The number of fused-ring (bicyclic) bond motifs is 2. The number of hydrogen-bond donors (Lipinski definition) is 3. The minimum absolute atomic E-state index is 0.0346. The summed E-state index contributed by atoms with van der Waals surface area (Å²) in [4.78, 5) is 12.5. The second kappa shape index (κ2) is 11.4. The molecule has 0 fully saturated rings. The molecule has 0 saturated carbocycles. The summed E-state index contributed by atoms with van der Waals surface area (Å²) in [6.07, 6.45) is 3.54. The number of nitrogens with zero attached hydrogens (tertiary/aromatic N) is 2. The van der Waals surface area contributed by atoms with Gasteiger partial charge in [-0.15, -0.1) is 6.58 Å². The summed E-state index contributed by atoms with van der Waals surface area (Å²) in [7, 11) is 0. The number of aromatic nitrogens is 2. The number of amides is 1. The fourth-order valence-electron chi connectivity index (χ4n) is 4.58. The molecule has 40 heavy (non-hydrogen) atoms. The van der Waals surface area contributed by atoms with Gasteiger partial charge in [-0.25, -0.2) is 4.39 Å². The highest BCUT2D eigenvalue weighted by Gasteiger charge is 2.38. The molecule has 1 atom stereocenters. The molecule has 6 nitrogen and oxygen atoms in total. The van der Waals surface area contributed by atoms with Gasteiger partial charge in [-0.1, -0.05) is 36.4 Å². The highest BCUT2D eigenvalue weighted by Crippen LogP contribution is 2.39. The summed E-state index contributed by atoms with van der Waals surface area (Å²) in [5.74, 6) is -1.31. The van der Waals surface area contributed by atoms with E-state index < -0.39 is 23.6 Å². The number of carbonyl (C=O) groups is 1. The second-order valence-corrected chi connectivity index (χ2v) is 9.67. The Labute approximate surface area is 229 Å². The van der Waals surface area contributed by atoms with Crippen LogP contribution in [0.5, 0.6) is 0 Å². The predicted molar refractivity (Wildman–Crippen MR) is 148 cm³/mol. The average Bonchev–Trinajstić information content (AvgIpc) is 3.25. The molecule has 208 valence electrons. The molecule has 0 saturated heterocycles. The number of hydrogen-bond acceptors (Lipinski definition) is 4. The van der Waals surface area contributed by atoms with E-state index in [0.29, 0.717) is 22.3 Å². The molecule has 4 N–H and O–H groups in total. The maximum Gasteiger partial charge on any atom is 0.435 e. The standard InChI is InChI=1S/C30H29F4N5O/c1-4-10-39-16-24(28(38-39)30(32,33)34)23-9-8-20-12-21(23)7-5-6-19(20)14-26(36)22-11-17(2)27(25(31)13-22)29(40)37-18(3)15-35/h4-9,11-13,16,18,36H,1,10,14-15,35H2,2-3H3,(H,37,40)/t18-/m1/s1. The van der Waals surface area contributed by atoms with Crippen molar-refractivity contribution in [2.24, 2.45) is 5.73 Å². The first kappa shape index (κ1) is 28.7. The van der Waals surface area contributed by atoms with E-state index in [9.17, 15) is 22.4 Å². The first-order valence-electron chi connectivity index (χ1n) is 12.6. The number of nitrogens with one attached hydrogen (secondary N) is 2. The Morgan fingerprint density at radius 3 is 2.65 bits per heavy atom. The van der Waals surface area contributed by atoms with Crippen LogP contribution < -0.4 is 11.1 Å². The molecule has 0 spiro atoms. The number of allylic oxidation sites excluding steroid dienone is 4. The van der Waals surface area contributed by atoms with Gasteiger partial charge in [0.15, 0.2) is 5.69 Å². The molecule has 2 bridgehead atoms. The molecule has 0 unspecified atom stereocenters. The Balaban J connectivity index is 1.60. The Morgan fingerprint density at radius 2 is 2.00 bits per heavy atom. The normalized spacial score (nSPS) is 13.4. The van der Waals surface area contributed by atoms with Crippen LogP contribution in [0.3, 0.4) is 0 Å². The molecule has 2 aromatic carbocycles. The number of nitrogens with two attached hydrogens (primary N) is 1. The Hall–Kier alpha value is -4.31. The third-order valence-electron chi connectivity index (χ3n) is 6.59. The van der Waals surface area contributed by atoms with Crippen molar-refractivity contribution in [2.75, 3.05) is 6.54 Å². The summed E-state index contributed by atoms with van der Waals surface area (Å²) in [5, 5.41) is 15.0. The van der Waals surface area contributed by atoms with Crippen molar-refractivity contribution in [2.45, 2.75) is 39.0 Å². The fourth-order valence-corrected chi connectivity index (χ4v) is 4.58. The van der Waals surface area contributed by atoms with E-state index in [1.807, 2.05) is 0 Å². The summed E-state index contributed by atoms with van der Waals surface area (Å²) < 4.78 is 57.4. The molecule has 1 aliphatic carbocycles. The Kier molecular flexibility index (Phi) is 8.20. The minimum atomic E-state index is -4.63. The van der Waals surface area contributed by atoms with E-state index in [1.54, 1.807) is 56.3 Å². The van der Waals surface area contributed by atoms with E-state index in [4.69, 9.17) is 11.1 Å². The van der Waals surface area contributed by atoms with Gasteiger partial charge in [-0.2, -0.15) is 18.3 Å². The van der Waals surface area contributed by atoms with Crippen LogP contribution in [0.1, 0.15) is 51.7 Å². The topological polar surface area (TPSA) is 96.8 Å². The van der Waals surface area contributed by atoms with Crippen molar-refractivity contribution in [1.29, 1.82) is 5.41 Å². The second-order valence-electron chi connectivity index (χ2n) is 9.67. The number of rotatable bonds is 9. The summed E-state index contributed by atoms with van der Waals surface area (Å²) >= 11 is 0. The lowest BCUT2D eigenvalue weighted by Crippen LogP contribution is -2.38. The Morgan fingerprint density at radius 1 is 1.25 bits per heavy atom. The van der Waals surface area contributed by atoms with Gasteiger partial charge in [-0.3, -0.25) is 9.48 Å². The maximum atomic E-state index is 15.0.